The van der Waals surface area contributed by atoms with Crippen molar-refractivity contribution < 1.29 is 23.0 Å². The predicted octanol–water partition coefficient (Wildman–Crippen LogP) is 1.56. The van der Waals surface area contributed by atoms with E-state index in [1.807, 2.05) is 0 Å². The Hall–Kier alpha value is -1.73. The Morgan fingerprint density at radius 3 is 2.83 bits per heavy atom. The molecule has 0 bridgehead atoms. The Bertz CT molecular complexity index is 554. The van der Waals surface area contributed by atoms with E-state index < -0.39 is 11.6 Å². The smallest absolute Gasteiger partial charge is 0.224 e. The van der Waals surface area contributed by atoms with Gasteiger partial charge in [0.1, 0.15) is 0 Å². The van der Waals surface area contributed by atoms with Crippen molar-refractivity contribution in [2.45, 2.75) is 13.0 Å². The lowest BCUT2D eigenvalue weighted by molar-refractivity contribution is -0.124. The van der Waals surface area contributed by atoms with Gasteiger partial charge in [0.25, 0.3) is 0 Å². The summed E-state index contributed by atoms with van der Waals surface area (Å²) in [6.07, 6.45) is 0.759. The third-order valence-electron chi connectivity index (χ3n) is 4.05. The summed E-state index contributed by atoms with van der Waals surface area (Å²) in [5.74, 6) is -2.44. The first-order chi connectivity index (χ1) is 11.1. The Labute approximate surface area is 134 Å². The summed E-state index contributed by atoms with van der Waals surface area (Å²) in [5, 5.41) is 2.68. The minimum absolute atomic E-state index is 0.0415. The van der Waals surface area contributed by atoms with Crippen LogP contribution in [-0.4, -0.2) is 51.3 Å². The third-order valence-corrected chi connectivity index (χ3v) is 4.05. The van der Waals surface area contributed by atoms with E-state index in [0.29, 0.717) is 13.2 Å². The molecule has 2 rings (SSSR count). The van der Waals surface area contributed by atoms with Crippen molar-refractivity contribution in [3.8, 4) is 5.75 Å². The molecule has 1 aromatic carbocycles. The minimum atomic E-state index is -1.04. The molecule has 0 aliphatic carbocycles. The maximum atomic E-state index is 13.8. The summed E-state index contributed by atoms with van der Waals surface area (Å²) in [5.41, 5.74) is 0.103. The zero-order valence-corrected chi connectivity index (χ0v) is 13.4. The lowest BCUT2D eigenvalue weighted by atomic mass is 10.1. The average molecular weight is 328 g/mol. The fourth-order valence-corrected chi connectivity index (χ4v) is 2.66. The summed E-state index contributed by atoms with van der Waals surface area (Å²) in [6.45, 7) is 2.88. The average Bonchev–Trinajstić information content (AvgIpc) is 3.03. The Morgan fingerprint density at radius 1 is 1.35 bits per heavy atom. The molecule has 7 heteroatoms. The first-order valence-electron chi connectivity index (χ1n) is 7.56. The van der Waals surface area contributed by atoms with E-state index in [4.69, 9.17) is 9.47 Å². The number of hydrogen-bond acceptors (Lipinski definition) is 4. The Kier molecular flexibility index (Phi) is 6.29. The first kappa shape index (κ1) is 17.6. The van der Waals surface area contributed by atoms with Gasteiger partial charge in [-0.15, -0.1) is 0 Å². The molecule has 1 amide bonds. The van der Waals surface area contributed by atoms with Crippen LogP contribution in [0.5, 0.6) is 5.75 Å². The van der Waals surface area contributed by atoms with Crippen LogP contribution in [-0.2, 0) is 16.1 Å². The molecule has 0 spiro atoms. The number of nitrogens with zero attached hydrogens (tertiary/aromatic N) is 1. The highest BCUT2D eigenvalue weighted by Gasteiger charge is 2.28. The standard InChI is InChI=1S/C16H22F2N2O3/c1-22-8-7-20-6-5-12(10-20)16(21)19-9-11-3-4-13(23-2)15(18)14(11)17/h3-4,12H,5-10H2,1-2H3,(H,19,21). The van der Waals surface area contributed by atoms with Crippen molar-refractivity contribution in [2.75, 3.05) is 40.5 Å². The molecule has 0 radical (unpaired) electrons. The van der Waals surface area contributed by atoms with E-state index in [2.05, 4.69) is 10.2 Å². The fraction of sp³-hybridized carbons (Fsp3) is 0.562. The van der Waals surface area contributed by atoms with Gasteiger partial charge in [-0.3, -0.25) is 4.79 Å². The van der Waals surface area contributed by atoms with Crippen LogP contribution in [0.15, 0.2) is 12.1 Å². The van der Waals surface area contributed by atoms with Gasteiger partial charge in [0.2, 0.25) is 11.7 Å². The lowest BCUT2D eigenvalue weighted by Crippen LogP contribution is -2.33. The summed E-state index contributed by atoms with van der Waals surface area (Å²) in [4.78, 5) is 14.3. The SMILES string of the molecule is COCCN1CCC(C(=O)NCc2ccc(OC)c(F)c2F)C1. The second-order valence-electron chi connectivity index (χ2n) is 5.55. The number of carbonyl (C=O) groups excluding carboxylic acids is 1. The zero-order chi connectivity index (χ0) is 16.8. The number of ether oxygens (including phenoxy) is 2. The maximum absolute atomic E-state index is 13.8. The van der Waals surface area contributed by atoms with Crippen LogP contribution in [0.1, 0.15) is 12.0 Å². The van der Waals surface area contributed by atoms with Crippen molar-refractivity contribution in [2.24, 2.45) is 5.92 Å². The largest absolute Gasteiger partial charge is 0.494 e. The van der Waals surface area contributed by atoms with Gasteiger partial charge in [-0.05, 0) is 19.0 Å². The van der Waals surface area contributed by atoms with Gasteiger partial charge in [0.15, 0.2) is 11.6 Å². The van der Waals surface area contributed by atoms with E-state index in [0.717, 1.165) is 19.5 Å². The molecule has 5 nitrogen and oxygen atoms in total. The summed E-state index contributed by atoms with van der Waals surface area (Å²) in [7, 11) is 2.91. The van der Waals surface area contributed by atoms with Crippen LogP contribution >= 0.6 is 0 Å². The summed E-state index contributed by atoms with van der Waals surface area (Å²) < 4.78 is 37.2. The molecule has 23 heavy (non-hydrogen) atoms. The molecule has 0 saturated carbocycles. The van der Waals surface area contributed by atoms with E-state index in [-0.39, 0.29) is 29.7 Å². The van der Waals surface area contributed by atoms with Gasteiger partial charge >= 0.3 is 0 Å². The number of amides is 1. The quantitative estimate of drug-likeness (QED) is 0.825. The monoisotopic (exact) mass is 328 g/mol. The molecule has 1 unspecified atom stereocenters. The van der Waals surface area contributed by atoms with Crippen molar-refractivity contribution in [1.82, 2.24) is 10.2 Å². The van der Waals surface area contributed by atoms with Crippen LogP contribution in [0.2, 0.25) is 0 Å². The number of likely N-dealkylation sites (tertiary alicyclic amines) is 1. The predicted molar refractivity (Wildman–Crippen MR) is 81.2 cm³/mol. The molecule has 1 heterocycles. The summed E-state index contributed by atoms with van der Waals surface area (Å²) >= 11 is 0. The molecule has 0 aromatic heterocycles. The maximum Gasteiger partial charge on any atom is 0.224 e. The molecular weight excluding hydrogens is 306 g/mol. The van der Waals surface area contributed by atoms with Gasteiger partial charge in [-0.1, -0.05) is 6.07 Å². The molecule has 1 saturated heterocycles. The van der Waals surface area contributed by atoms with E-state index in [1.165, 1.54) is 19.2 Å². The molecule has 1 fully saturated rings. The topological polar surface area (TPSA) is 50.8 Å². The molecule has 1 aliphatic rings. The number of carbonyl (C=O) groups is 1. The number of halogens is 2. The first-order valence-corrected chi connectivity index (χ1v) is 7.56. The van der Waals surface area contributed by atoms with Crippen molar-refractivity contribution in [3.63, 3.8) is 0 Å². The highest BCUT2D eigenvalue weighted by Crippen LogP contribution is 2.22. The second kappa shape index (κ2) is 8.21. The number of benzene rings is 1. The van der Waals surface area contributed by atoms with E-state index >= 15 is 0 Å². The highest BCUT2D eigenvalue weighted by atomic mass is 19.2. The Morgan fingerprint density at radius 2 is 2.13 bits per heavy atom. The van der Waals surface area contributed by atoms with Crippen LogP contribution in [0.4, 0.5) is 8.78 Å². The molecule has 128 valence electrons. The van der Waals surface area contributed by atoms with Crippen LogP contribution in [0.3, 0.4) is 0 Å². The zero-order valence-electron chi connectivity index (χ0n) is 13.4. The van der Waals surface area contributed by atoms with Gasteiger partial charge in [-0.25, -0.2) is 4.39 Å². The minimum Gasteiger partial charge on any atom is -0.494 e. The van der Waals surface area contributed by atoms with Crippen LogP contribution < -0.4 is 10.1 Å². The van der Waals surface area contributed by atoms with E-state index in [1.54, 1.807) is 7.11 Å². The number of hydrogen-bond donors (Lipinski definition) is 1. The molecule has 1 aromatic rings. The number of nitrogens with one attached hydrogen (secondary N) is 1. The molecule has 1 atom stereocenters. The Balaban J connectivity index is 1.87. The van der Waals surface area contributed by atoms with Gasteiger partial charge < -0.3 is 19.7 Å². The summed E-state index contributed by atoms with van der Waals surface area (Å²) in [6, 6.07) is 2.76. The second-order valence-corrected chi connectivity index (χ2v) is 5.55. The van der Waals surface area contributed by atoms with Crippen LogP contribution in [0, 0.1) is 17.6 Å². The van der Waals surface area contributed by atoms with Gasteiger partial charge in [0.05, 0.1) is 19.6 Å². The molecular formula is C16H22F2N2O3. The fourth-order valence-electron chi connectivity index (χ4n) is 2.66. The van der Waals surface area contributed by atoms with Crippen molar-refractivity contribution in [3.05, 3.63) is 29.3 Å². The molecule has 1 aliphatic heterocycles. The van der Waals surface area contributed by atoms with E-state index in [9.17, 15) is 13.6 Å². The molecule has 1 N–H and O–H groups in total. The highest BCUT2D eigenvalue weighted by molar-refractivity contribution is 5.79. The van der Waals surface area contributed by atoms with Crippen LogP contribution in [0.25, 0.3) is 0 Å². The van der Waals surface area contributed by atoms with Gasteiger partial charge in [0, 0.05) is 32.3 Å². The van der Waals surface area contributed by atoms with Gasteiger partial charge in [-0.2, -0.15) is 4.39 Å². The van der Waals surface area contributed by atoms with Crippen molar-refractivity contribution in [1.29, 1.82) is 0 Å². The van der Waals surface area contributed by atoms with Crippen molar-refractivity contribution >= 4 is 5.91 Å². The lowest BCUT2D eigenvalue weighted by Gasteiger charge is -2.15. The number of rotatable bonds is 7. The normalized spacial score (nSPS) is 18.2. The third kappa shape index (κ3) is 4.39. The number of methoxy groups -OCH3 is 2.